The van der Waals surface area contributed by atoms with Gasteiger partial charge in [0.1, 0.15) is 0 Å². The number of aliphatic hydroxyl groups is 1. The third-order valence-corrected chi connectivity index (χ3v) is 4.32. The van der Waals surface area contributed by atoms with Crippen LogP contribution in [0.15, 0.2) is 23.1 Å². The van der Waals surface area contributed by atoms with Crippen LogP contribution in [-0.4, -0.2) is 31.9 Å². The van der Waals surface area contributed by atoms with E-state index in [2.05, 4.69) is 0 Å². The van der Waals surface area contributed by atoms with Crippen molar-refractivity contribution in [2.75, 3.05) is 12.3 Å². The van der Waals surface area contributed by atoms with Crippen molar-refractivity contribution in [2.24, 2.45) is 5.73 Å². The smallest absolute Gasteiger partial charge is 0.180 e. The number of nitrogens with two attached hydrogens (primary N) is 1. The Bertz CT molecular complexity index is 468. The van der Waals surface area contributed by atoms with E-state index >= 15 is 0 Å². The molecule has 4 nitrogen and oxygen atoms in total. The summed E-state index contributed by atoms with van der Waals surface area (Å²) in [5.41, 5.74) is 7.16. The standard InChI is InChI=1S/C11H17NO3S/c1-8-3-4-11(5-9(8)2)16(14,15)7-10(13)6-12/h3-5,10,13H,6-7,12H2,1-2H3. The first kappa shape index (κ1) is 13.2. The van der Waals surface area contributed by atoms with Crippen LogP contribution in [0.5, 0.6) is 0 Å². The topological polar surface area (TPSA) is 80.4 Å². The fourth-order valence-electron chi connectivity index (χ4n) is 1.32. The third-order valence-electron chi connectivity index (χ3n) is 2.52. The lowest BCUT2D eigenvalue weighted by Gasteiger charge is -2.10. The summed E-state index contributed by atoms with van der Waals surface area (Å²) in [7, 11) is -3.44. The molecule has 0 amide bonds. The van der Waals surface area contributed by atoms with Crippen molar-refractivity contribution in [3.05, 3.63) is 29.3 Å². The van der Waals surface area contributed by atoms with Crippen LogP contribution < -0.4 is 5.73 Å². The first-order chi connectivity index (χ1) is 7.36. The molecule has 90 valence electrons. The molecule has 1 aromatic rings. The molecule has 1 rings (SSSR count). The van der Waals surface area contributed by atoms with Crippen molar-refractivity contribution in [3.8, 4) is 0 Å². The number of aliphatic hydroxyl groups excluding tert-OH is 1. The van der Waals surface area contributed by atoms with E-state index < -0.39 is 15.9 Å². The molecular formula is C11H17NO3S. The van der Waals surface area contributed by atoms with E-state index in [-0.39, 0.29) is 17.2 Å². The first-order valence-corrected chi connectivity index (χ1v) is 6.70. The van der Waals surface area contributed by atoms with Crippen molar-refractivity contribution in [1.29, 1.82) is 0 Å². The van der Waals surface area contributed by atoms with Crippen LogP contribution in [-0.2, 0) is 9.84 Å². The lowest BCUT2D eigenvalue weighted by Crippen LogP contribution is -2.28. The van der Waals surface area contributed by atoms with Gasteiger partial charge in [0.2, 0.25) is 0 Å². The van der Waals surface area contributed by atoms with E-state index in [9.17, 15) is 13.5 Å². The lowest BCUT2D eigenvalue weighted by molar-refractivity contribution is 0.205. The number of hydrogen-bond acceptors (Lipinski definition) is 4. The molecule has 5 heteroatoms. The molecule has 1 atom stereocenters. The van der Waals surface area contributed by atoms with Crippen LogP contribution in [0.1, 0.15) is 11.1 Å². The maximum absolute atomic E-state index is 11.8. The molecule has 3 N–H and O–H groups in total. The van der Waals surface area contributed by atoms with Gasteiger partial charge in [0.15, 0.2) is 9.84 Å². The maximum Gasteiger partial charge on any atom is 0.180 e. The third kappa shape index (κ3) is 3.04. The van der Waals surface area contributed by atoms with E-state index in [0.29, 0.717) is 0 Å². The van der Waals surface area contributed by atoms with Crippen LogP contribution in [0, 0.1) is 13.8 Å². The van der Waals surface area contributed by atoms with Crippen molar-refractivity contribution in [3.63, 3.8) is 0 Å². The van der Waals surface area contributed by atoms with Gasteiger partial charge in [0.25, 0.3) is 0 Å². The molecule has 0 radical (unpaired) electrons. The predicted octanol–water partition coefficient (Wildman–Crippen LogP) is 0.397. The van der Waals surface area contributed by atoms with Crippen LogP contribution in [0.3, 0.4) is 0 Å². The van der Waals surface area contributed by atoms with Gasteiger partial charge in [0.05, 0.1) is 16.8 Å². The van der Waals surface area contributed by atoms with E-state index in [1.807, 2.05) is 13.8 Å². The van der Waals surface area contributed by atoms with Gasteiger partial charge >= 0.3 is 0 Å². The average Bonchev–Trinajstić information content (AvgIpc) is 2.21. The number of rotatable bonds is 4. The summed E-state index contributed by atoms with van der Waals surface area (Å²) < 4.78 is 23.7. The molecule has 0 saturated heterocycles. The molecule has 1 aromatic carbocycles. The second kappa shape index (κ2) is 4.95. The minimum absolute atomic E-state index is 0.0515. The Hall–Kier alpha value is -0.910. The van der Waals surface area contributed by atoms with Crippen LogP contribution >= 0.6 is 0 Å². The van der Waals surface area contributed by atoms with Crippen molar-refractivity contribution in [2.45, 2.75) is 24.8 Å². The molecule has 0 aliphatic carbocycles. The fraction of sp³-hybridized carbons (Fsp3) is 0.455. The molecule has 0 spiro atoms. The largest absolute Gasteiger partial charge is 0.391 e. The van der Waals surface area contributed by atoms with Crippen LogP contribution in [0.4, 0.5) is 0 Å². The van der Waals surface area contributed by atoms with Crippen molar-refractivity contribution in [1.82, 2.24) is 0 Å². The zero-order valence-electron chi connectivity index (χ0n) is 9.47. The van der Waals surface area contributed by atoms with Crippen LogP contribution in [0.2, 0.25) is 0 Å². The second-order valence-electron chi connectivity index (χ2n) is 3.92. The Morgan fingerprint density at radius 1 is 1.31 bits per heavy atom. The Morgan fingerprint density at radius 2 is 1.94 bits per heavy atom. The van der Waals surface area contributed by atoms with E-state index in [1.54, 1.807) is 18.2 Å². The fourth-order valence-corrected chi connectivity index (χ4v) is 2.79. The van der Waals surface area contributed by atoms with Gasteiger partial charge in [-0.25, -0.2) is 8.42 Å². The van der Waals surface area contributed by atoms with Gasteiger partial charge in [0, 0.05) is 6.54 Å². The molecule has 0 aliphatic rings. The van der Waals surface area contributed by atoms with E-state index in [0.717, 1.165) is 11.1 Å². The van der Waals surface area contributed by atoms with Crippen molar-refractivity contribution >= 4 is 9.84 Å². The van der Waals surface area contributed by atoms with Gasteiger partial charge in [-0.05, 0) is 37.1 Å². The van der Waals surface area contributed by atoms with Gasteiger partial charge in [-0.1, -0.05) is 6.07 Å². The highest BCUT2D eigenvalue weighted by atomic mass is 32.2. The Kier molecular flexibility index (Phi) is 4.07. The Morgan fingerprint density at radius 3 is 2.44 bits per heavy atom. The summed E-state index contributed by atoms with van der Waals surface area (Å²) in [6, 6.07) is 4.94. The highest BCUT2D eigenvalue weighted by Crippen LogP contribution is 2.16. The molecule has 1 unspecified atom stereocenters. The summed E-state index contributed by atoms with van der Waals surface area (Å²) in [5, 5.41) is 9.27. The average molecular weight is 243 g/mol. The highest BCUT2D eigenvalue weighted by Gasteiger charge is 2.19. The first-order valence-electron chi connectivity index (χ1n) is 5.05. The summed E-state index contributed by atoms with van der Waals surface area (Å²) in [5.74, 6) is -0.327. The summed E-state index contributed by atoms with van der Waals surface area (Å²) in [6.07, 6.45) is -1.01. The van der Waals surface area contributed by atoms with Crippen LogP contribution in [0.25, 0.3) is 0 Å². The van der Waals surface area contributed by atoms with E-state index in [4.69, 9.17) is 5.73 Å². The molecule has 0 fully saturated rings. The summed E-state index contributed by atoms with van der Waals surface area (Å²) >= 11 is 0. The lowest BCUT2D eigenvalue weighted by atomic mass is 10.1. The van der Waals surface area contributed by atoms with Gasteiger partial charge < -0.3 is 10.8 Å². The number of benzene rings is 1. The monoisotopic (exact) mass is 243 g/mol. The maximum atomic E-state index is 11.8. The molecule has 0 saturated carbocycles. The molecule has 0 aromatic heterocycles. The van der Waals surface area contributed by atoms with Gasteiger partial charge in [-0.15, -0.1) is 0 Å². The van der Waals surface area contributed by atoms with E-state index in [1.165, 1.54) is 0 Å². The van der Waals surface area contributed by atoms with Crippen molar-refractivity contribution < 1.29 is 13.5 Å². The molecule has 0 heterocycles. The normalized spacial score (nSPS) is 13.8. The Labute approximate surface area is 96.0 Å². The summed E-state index contributed by atoms with van der Waals surface area (Å²) in [4.78, 5) is 0.239. The predicted molar refractivity (Wildman–Crippen MR) is 63.0 cm³/mol. The van der Waals surface area contributed by atoms with Gasteiger partial charge in [-0.2, -0.15) is 0 Å². The molecule has 16 heavy (non-hydrogen) atoms. The Balaban J connectivity index is 3.03. The molecule has 0 aliphatic heterocycles. The minimum Gasteiger partial charge on any atom is -0.391 e. The number of aryl methyl sites for hydroxylation is 2. The number of hydrogen-bond donors (Lipinski definition) is 2. The zero-order chi connectivity index (χ0) is 12.3. The van der Waals surface area contributed by atoms with Gasteiger partial charge in [-0.3, -0.25) is 0 Å². The molecular weight excluding hydrogens is 226 g/mol. The second-order valence-corrected chi connectivity index (χ2v) is 5.95. The highest BCUT2D eigenvalue weighted by molar-refractivity contribution is 7.91. The molecule has 0 bridgehead atoms. The minimum atomic E-state index is -3.44. The SMILES string of the molecule is Cc1ccc(S(=O)(=O)CC(O)CN)cc1C. The zero-order valence-corrected chi connectivity index (χ0v) is 10.3. The number of sulfone groups is 1. The quantitative estimate of drug-likeness (QED) is 0.802. The summed E-state index contributed by atoms with van der Waals surface area (Å²) in [6.45, 7) is 3.72.